The van der Waals surface area contributed by atoms with Gasteiger partial charge in [0.05, 0.1) is 17.6 Å². The molecule has 0 aliphatic heterocycles. The third-order valence-corrected chi connectivity index (χ3v) is 3.43. The van der Waals surface area contributed by atoms with Crippen molar-refractivity contribution in [2.24, 2.45) is 0 Å². The molecule has 2 aromatic heterocycles. The monoisotopic (exact) mass is 316 g/mol. The zero-order valence-corrected chi connectivity index (χ0v) is 12.1. The van der Waals surface area contributed by atoms with Crippen molar-refractivity contribution in [3.8, 4) is 5.69 Å². The van der Waals surface area contributed by atoms with Crippen LogP contribution in [0.15, 0.2) is 41.3 Å². The Morgan fingerprint density at radius 3 is 2.95 bits per heavy atom. The summed E-state index contributed by atoms with van der Waals surface area (Å²) in [6.45, 7) is 2.14. The molecule has 0 N–H and O–H groups in total. The minimum absolute atomic E-state index is 0.887. The highest BCUT2D eigenvalue weighted by molar-refractivity contribution is 9.10. The fraction of sp³-hybridized carbons (Fsp3) is 0.214. The van der Waals surface area contributed by atoms with Gasteiger partial charge < -0.3 is 0 Å². The molecule has 1 aromatic carbocycles. The molecule has 0 aliphatic rings. The van der Waals surface area contributed by atoms with Gasteiger partial charge in [0, 0.05) is 4.47 Å². The van der Waals surface area contributed by atoms with Gasteiger partial charge in [-0.2, -0.15) is 5.10 Å². The van der Waals surface area contributed by atoms with Crippen molar-refractivity contribution in [3.63, 3.8) is 0 Å². The Hall–Kier alpha value is -1.75. The number of benzene rings is 1. The highest BCUT2D eigenvalue weighted by Gasteiger charge is 2.09. The maximum Gasteiger partial charge on any atom is 0.133 e. The van der Waals surface area contributed by atoms with Gasteiger partial charge in [0.25, 0.3) is 0 Å². The molecule has 0 fully saturated rings. The molecule has 0 unspecified atom stereocenters. The number of aromatic nitrogens is 4. The topological polar surface area (TPSA) is 43.6 Å². The maximum atomic E-state index is 4.61. The number of fused-ring (bicyclic) bond motifs is 1. The van der Waals surface area contributed by atoms with E-state index in [1.807, 2.05) is 35.1 Å². The fourth-order valence-corrected chi connectivity index (χ4v) is 2.44. The van der Waals surface area contributed by atoms with E-state index in [-0.39, 0.29) is 0 Å². The van der Waals surface area contributed by atoms with Crippen molar-refractivity contribution in [1.82, 2.24) is 19.7 Å². The first kappa shape index (κ1) is 12.3. The second-order valence-corrected chi connectivity index (χ2v) is 5.27. The summed E-state index contributed by atoms with van der Waals surface area (Å²) >= 11 is 3.47. The van der Waals surface area contributed by atoms with Gasteiger partial charge in [0.15, 0.2) is 0 Å². The zero-order chi connectivity index (χ0) is 13.2. The van der Waals surface area contributed by atoms with Crippen molar-refractivity contribution in [2.75, 3.05) is 0 Å². The second-order valence-electron chi connectivity index (χ2n) is 4.36. The predicted molar refractivity (Wildman–Crippen MR) is 78.4 cm³/mol. The fourth-order valence-electron chi connectivity index (χ4n) is 2.06. The van der Waals surface area contributed by atoms with E-state index >= 15 is 0 Å². The van der Waals surface area contributed by atoms with Gasteiger partial charge in [-0.15, -0.1) is 0 Å². The minimum Gasteiger partial charge on any atom is -0.239 e. The van der Waals surface area contributed by atoms with E-state index < -0.39 is 0 Å². The first-order valence-electron chi connectivity index (χ1n) is 6.23. The molecule has 96 valence electrons. The number of rotatable bonds is 3. The SMILES string of the molecule is CCCc1ncnc2cn(-c3cccc(Br)c3)nc12. The Bertz CT molecular complexity index is 720. The molecule has 0 spiro atoms. The van der Waals surface area contributed by atoms with Crippen LogP contribution in [0.3, 0.4) is 0 Å². The summed E-state index contributed by atoms with van der Waals surface area (Å²) in [4.78, 5) is 8.61. The molecule has 3 aromatic rings. The van der Waals surface area contributed by atoms with Crippen LogP contribution in [0.2, 0.25) is 0 Å². The number of halogens is 1. The summed E-state index contributed by atoms with van der Waals surface area (Å²) in [5.74, 6) is 0. The van der Waals surface area contributed by atoms with Crippen molar-refractivity contribution in [2.45, 2.75) is 19.8 Å². The molecular weight excluding hydrogens is 304 g/mol. The second kappa shape index (κ2) is 5.09. The molecule has 19 heavy (non-hydrogen) atoms. The predicted octanol–water partition coefficient (Wildman–Crippen LogP) is 3.53. The standard InChI is InChI=1S/C14H13BrN4/c1-2-4-12-14-13(17-9-16-12)8-19(18-14)11-6-3-5-10(15)7-11/h3,5-9H,2,4H2,1H3. The third-order valence-electron chi connectivity index (χ3n) is 2.94. The third kappa shape index (κ3) is 2.38. The Labute approximate surface area is 119 Å². The summed E-state index contributed by atoms with van der Waals surface area (Å²) in [6.07, 6.45) is 5.53. The van der Waals surface area contributed by atoms with E-state index in [0.29, 0.717) is 0 Å². The summed E-state index contributed by atoms with van der Waals surface area (Å²) < 4.78 is 2.88. The lowest BCUT2D eigenvalue weighted by atomic mass is 10.2. The van der Waals surface area contributed by atoms with Gasteiger partial charge in [-0.05, 0) is 24.6 Å². The van der Waals surface area contributed by atoms with E-state index in [1.165, 1.54) is 0 Å². The van der Waals surface area contributed by atoms with E-state index in [2.05, 4.69) is 37.9 Å². The summed E-state index contributed by atoms with van der Waals surface area (Å²) in [5, 5.41) is 4.61. The van der Waals surface area contributed by atoms with Crippen LogP contribution in [0.4, 0.5) is 0 Å². The van der Waals surface area contributed by atoms with Gasteiger partial charge in [-0.3, -0.25) is 0 Å². The quantitative estimate of drug-likeness (QED) is 0.742. The molecule has 3 rings (SSSR count). The molecule has 0 atom stereocenters. The first-order chi connectivity index (χ1) is 9.28. The van der Waals surface area contributed by atoms with Crippen LogP contribution in [0.1, 0.15) is 19.0 Å². The van der Waals surface area contributed by atoms with E-state index in [1.54, 1.807) is 6.33 Å². The smallest absolute Gasteiger partial charge is 0.133 e. The highest BCUT2D eigenvalue weighted by Crippen LogP contribution is 2.19. The molecule has 2 heterocycles. The normalized spacial score (nSPS) is 11.1. The van der Waals surface area contributed by atoms with Gasteiger partial charge in [0.2, 0.25) is 0 Å². The molecule has 5 heteroatoms. The molecule has 0 bridgehead atoms. The van der Waals surface area contributed by atoms with Crippen molar-refractivity contribution in [3.05, 3.63) is 47.0 Å². The van der Waals surface area contributed by atoms with Gasteiger partial charge in [0.1, 0.15) is 17.4 Å². The molecule has 0 saturated carbocycles. The van der Waals surface area contributed by atoms with Crippen LogP contribution >= 0.6 is 15.9 Å². The summed E-state index contributed by atoms with van der Waals surface area (Å²) in [5.41, 5.74) is 3.80. The number of hydrogen-bond acceptors (Lipinski definition) is 3. The Morgan fingerprint density at radius 1 is 1.26 bits per heavy atom. The van der Waals surface area contributed by atoms with Crippen LogP contribution < -0.4 is 0 Å². The maximum absolute atomic E-state index is 4.61. The Morgan fingerprint density at radius 2 is 2.16 bits per heavy atom. The molecule has 4 nitrogen and oxygen atoms in total. The zero-order valence-electron chi connectivity index (χ0n) is 10.5. The summed E-state index contributed by atoms with van der Waals surface area (Å²) in [6, 6.07) is 8.03. The first-order valence-corrected chi connectivity index (χ1v) is 7.02. The van der Waals surface area contributed by atoms with E-state index in [0.717, 1.165) is 39.7 Å². The minimum atomic E-state index is 0.887. The van der Waals surface area contributed by atoms with Gasteiger partial charge in [-0.25, -0.2) is 14.6 Å². The number of nitrogens with zero attached hydrogens (tertiary/aromatic N) is 4. The molecular formula is C14H13BrN4. The number of aryl methyl sites for hydroxylation is 1. The average Bonchev–Trinajstić information content (AvgIpc) is 2.84. The van der Waals surface area contributed by atoms with Crippen LogP contribution in [-0.2, 0) is 6.42 Å². The summed E-state index contributed by atoms with van der Waals surface area (Å²) in [7, 11) is 0. The number of hydrogen-bond donors (Lipinski definition) is 0. The molecule has 0 amide bonds. The highest BCUT2D eigenvalue weighted by atomic mass is 79.9. The van der Waals surface area contributed by atoms with Crippen molar-refractivity contribution in [1.29, 1.82) is 0 Å². The Balaban J connectivity index is 2.14. The molecule has 0 aliphatic carbocycles. The lowest BCUT2D eigenvalue weighted by molar-refractivity contribution is 0.862. The van der Waals surface area contributed by atoms with E-state index in [9.17, 15) is 0 Å². The van der Waals surface area contributed by atoms with Gasteiger partial charge in [-0.1, -0.05) is 35.3 Å². The van der Waals surface area contributed by atoms with Crippen molar-refractivity contribution >= 4 is 27.0 Å². The molecule has 0 saturated heterocycles. The van der Waals surface area contributed by atoms with Crippen LogP contribution in [-0.4, -0.2) is 19.7 Å². The van der Waals surface area contributed by atoms with Crippen LogP contribution in [0.25, 0.3) is 16.7 Å². The van der Waals surface area contributed by atoms with Gasteiger partial charge >= 0.3 is 0 Å². The lowest BCUT2D eigenvalue weighted by Crippen LogP contribution is -1.95. The average molecular weight is 317 g/mol. The van der Waals surface area contributed by atoms with Crippen LogP contribution in [0, 0.1) is 0 Å². The largest absolute Gasteiger partial charge is 0.239 e. The molecule has 0 radical (unpaired) electrons. The lowest BCUT2D eigenvalue weighted by Gasteiger charge is -2.00. The Kier molecular flexibility index (Phi) is 3.29. The van der Waals surface area contributed by atoms with Crippen LogP contribution in [0.5, 0.6) is 0 Å². The van der Waals surface area contributed by atoms with E-state index in [4.69, 9.17) is 0 Å². The van der Waals surface area contributed by atoms with Crippen molar-refractivity contribution < 1.29 is 0 Å².